The van der Waals surface area contributed by atoms with Crippen LogP contribution in [0.3, 0.4) is 0 Å². The van der Waals surface area contributed by atoms with Crippen molar-refractivity contribution in [2.45, 2.75) is 0 Å². The maximum atomic E-state index is 13.5. The summed E-state index contributed by atoms with van der Waals surface area (Å²) in [6, 6.07) is 118. The van der Waals surface area contributed by atoms with Gasteiger partial charge in [0.2, 0.25) is 0 Å². The van der Waals surface area contributed by atoms with Gasteiger partial charge in [0.15, 0.2) is 0 Å². The summed E-state index contributed by atoms with van der Waals surface area (Å²) < 4.78 is 10.1. The van der Waals surface area contributed by atoms with E-state index >= 15 is 0 Å². The van der Waals surface area contributed by atoms with Gasteiger partial charge in [-0.05, 0) is 109 Å². The third-order valence-electron chi connectivity index (χ3n) is 19.9. The van der Waals surface area contributed by atoms with Gasteiger partial charge in [0.1, 0.15) is 6.07 Å². The van der Waals surface area contributed by atoms with Crippen molar-refractivity contribution in [3.05, 3.63) is 321 Å². The van der Waals surface area contributed by atoms with Crippen LogP contribution in [0.1, 0.15) is 5.56 Å². The quantitative estimate of drug-likeness (QED) is 0.160. The molecular formula is C88H52N6. The first kappa shape index (κ1) is 52.0. The van der Waals surface area contributed by atoms with E-state index in [4.69, 9.17) is 4.98 Å². The molecule has 0 aliphatic carbocycles. The fourth-order valence-electron chi connectivity index (χ4n) is 16.1. The number of hydrogen-bond donors (Lipinski definition) is 0. The van der Waals surface area contributed by atoms with Crippen LogP contribution in [-0.4, -0.2) is 23.3 Å². The molecule has 5 aromatic heterocycles. The van der Waals surface area contributed by atoms with Gasteiger partial charge < -0.3 is 18.3 Å². The van der Waals surface area contributed by atoms with Gasteiger partial charge in [-0.2, -0.15) is 5.26 Å². The minimum Gasteiger partial charge on any atom is -0.306 e. The lowest BCUT2D eigenvalue weighted by molar-refractivity contribution is 1.02. The van der Waals surface area contributed by atoms with Crippen LogP contribution in [0, 0.1) is 11.3 Å². The minimum atomic E-state index is 0.499. The number of hydrogen-bond acceptors (Lipinski definition) is 2. The Morgan fingerprint density at radius 3 is 0.851 bits per heavy atom. The van der Waals surface area contributed by atoms with Gasteiger partial charge in [0.05, 0.1) is 83.8 Å². The second-order valence-corrected chi connectivity index (χ2v) is 24.7. The van der Waals surface area contributed by atoms with Crippen LogP contribution in [0.2, 0.25) is 0 Å². The molecule has 6 heteroatoms. The van der Waals surface area contributed by atoms with Crippen LogP contribution in [-0.2, 0) is 0 Å². The first-order valence-corrected chi connectivity index (χ1v) is 32.1. The maximum absolute atomic E-state index is 13.5. The SMILES string of the molecule is N#Cc1c(-c2cc(-c3ccccc3)nc(-c3ccccc3)c2)c(-n2c3ccccc3c3c4ccccc4ccc32)c(-n2c3ccccc3c3c4ccccc4ccc32)c(-n2c3ccccc3c3c4ccccc4ccc32)c1-n1c2ccccc2c2c3ccccc3ccc21. The van der Waals surface area contributed by atoms with Gasteiger partial charge in [0, 0.05) is 59.8 Å². The molecule has 0 N–H and O–H groups in total. The molecule has 0 saturated carbocycles. The Labute approximate surface area is 539 Å². The summed E-state index contributed by atoms with van der Waals surface area (Å²) in [5.74, 6) is 0. The molecule has 5 heterocycles. The molecule has 94 heavy (non-hydrogen) atoms. The van der Waals surface area contributed by atoms with E-state index in [9.17, 15) is 5.26 Å². The van der Waals surface area contributed by atoms with E-state index < -0.39 is 0 Å². The van der Waals surface area contributed by atoms with Crippen molar-refractivity contribution in [3.8, 4) is 62.5 Å². The summed E-state index contributed by atoms with van der Waals surface area (Å²) in [5.41, 5.74) is 16.9. The fourth-order valence-corrected chi connectivity index (χ4v) is 16.1. The van der Waals surface area contributed by atoms with Gasteiger partial charge >= 0.3 is 0 Å². The number of benzene rings is 15. The summed E-state index contributed by atoms with van der Waals surface area (Å²) in [6.07, 6.45) is 0. The standard InChI is InChI=1S/C88H52N6/c89-53-69-80(60-51-70(58-27-3-1-4-28-58)90-71(52-60)59-29-5-2-6-30-59)86(92-73-40-20-16-36-66(73)82-62-32-12-8-24-55(62)44-48-77(82)92)88(94-75-42-22-18-38-68(75)84-64-34-14-10-26-57(64)46-50-79(84)94)87(93-74-41-21-17-37-67(74)83-63-33-13-9-25-56(63)45-49-78(83)93)85(69)91-72-39-19-15-35-65(72)81-61-31-11-7-23-54(61)43-47-76(81)91/h1-52H. The van der Waals surface area contributed by atoms with E-state index in [2.05, 4.69) is 340 Å². The number of fused-ring (bicyclic) bond motifs is 20. The topological polar surface area (TPSA) is 56.4 Å². The zero-order chi connectivity index (χ0) is 61.7. The van der Waals surface area contributed by atoms with Crippen molar-refractivity contribution < 1.29 is 0 Å². The Kier molecular flexibility index (Phi) is 11.1. The first-order chi connectivity index (χ1) is 46.7. The predicted octanol–water partition coefficient (Wildman–Crippen LogP) is 23.0. The molecule has 20 aromatic rings. The third-order valence-corrected chi connectivity index (χ3v) is 19.9. The molecule has 434 valence electrons. The summed E-state index contributed by atoms with van der Waals surface area (Å²) in [7, 11) is 0. The number of aromatic nitrogens is 5. The number of nitrogens with zero attached hydrogens (tertiary/aromatic N) is 6. The average Bonchev–Trinajstić information content (AvgIpc) is 1.41. The molecule has 15 aromatic carbocycles. The number of para-hydroxylation sites is 4. The van der Waals surface area contributed by atoms with Crippen LogP contribution in [0.25, 0.3) is 187 Å². The molecular weight excluding hydrogens is 1140 g/mol. The van der Waals surface area contributed by atoms with Gasteiger partial charge in [-0.3, -0.25) is 0 Å². The minimum absolute atomic E-state index is 0.499. The van der Waals surface area contributed by atoms with Crippen LogP contribution in [0.15, 0.2) is 315 Å². The smallest absolute Gasteiger partial charge is 0.102 e. The molecule has 20 rings (SSSR count). The zero-order valence-corrected chi connectivity index (χ0v) is 50.7. The molecule has 0 bridgehead atoms. The average molecular weight is 1190 g/mol. The monoisotopic (exact) mass is 1190 g/mol. The van der Waals surface area contributed by atoms with Crippen molar-refractivity contribution in [3.63, 3.8) is 0 Å². The summed E-state index contributed by atoms with van der Waals surface area (Å²) in [5, 5.41) is 31.6. The number of nitriles is 1. The van der Waals surface area contributed by atoms with Crippen molar-refractivity contribution >= 4 is 130 Å². The van der Waals surface area contributed by atoms with Gasteiger partial charge in [-0.25, -0.2) is 4.98 Å². The lowest BCUT2D eigenvalue weighted by Crippen LogP contribution is -2.17. The van der Waals surface area contributed by atoms with E-state index in [-0.39, 0.29) is 0 Å². The summed E-state index contributed by atoms with van der Waals surface area (Å²) in [6.45, 7) is 0. The largest absolute Gasteiger partial charge is 0.306 e. The van der Waals surface area contributed by atoms with Crippen LogP contribution < -0.4 is 0 Å². The van der Waals surface area contributed by atoms with Crippen molar-refractivity contribution in [2.24, 2.45) is 0 Å². The highest BCUT2D eigenvalue weighted by Gasteiger charge is 2.36. The molecule has 0 saturated heterocycles. The predicted molar refractivity (Wildman–Crippen MR) is 393 cm³/mol. The molecule has 0 radical (unpaired) electrons. The van der Waals surface area contributed by atoms with Crippen LogP contribution in [0.4, 0.5) is 0 Å². The highest BCUT2D eigenvalue weighted by atomic mass is 15.1. The Morgan fingerprint density at radius 2 is 0.511 bits per heavy atom. The van der Waals surface area contributed by atoms with E-state index in [0.29, 0.717) is 5.56 Å². The first-order valence-electron chi connectivity index (χ1n) is 32.1. The lowest BCUT2D eigenvalue weighted by Gasteiger charge is -2.30. The molecule has 0 aliphatic rings. The Hall–Kier alpha value is -12.8. The molecule has 0 spiro atoms. The van der Waals surface area contributed by atoms with E-state index in [0.717, 1.165) is 187 Å². The van der Waals surface area contributed by atoms with Crippen molar-refractivity contribution in [2.75, 3.05) is 0 Å². The molecule has 0 amide bonds. The molecule has 0 unspecified atom stereocenters. The normalized spacial score (nSPS) is 12.0. The Bertz CT molecular complexity index is 6610. The van der Waals surface area contributed by atoms with E-state index in [1.54, 1.807) is 0 Å². The number of rotatable bonds is 7. The number of pyridine rings is 1. The van der Waals surface area contributed by atoms with Crippen LogP contribution in [0.5, 0.6) is 0 Å². The molecule has 0 atom stereocenters. The van der Waals surface area contributed by atoms with E-state index in [1.807, 2.05) is 0 Å². The maximum Gasteiger partial charge on any atom is 0.102 e. The van der Waals surface area contributed by atoms with Crippen molar-refractivity contribution in [1.82, 2.24) is 23.3 Å². The Balaban J connectivity index is 1.14. The van der Waals surface area contributed by atoms with Crippen LogP contribution >= 0.6 is 0 Å². The molecule has 6 nitrogen and oxygen atoms in total. The third kappa shape index (κ3) is 7.32. The van der Waals surface area contributed by atoms with E-state index in [1.165, 1.54) is 0 Å². The second-order valence-electron chi connectivity index (χ2n) is 24.7. The summed E-state index contributed by atoms with van der Waals surface area (Å²) >= 11 is 0. The van der Waals surface area contributed by atoms with Crippen molar-refractivity contribution in [1.29, 1.82) is 5.26 Å². The second kappa shape index (κ2) is 20.1. The van der Waals surface area contributed by atoms with Gasteiger partial charge in [-0.1, -0.05) is 255 Å². The summed E-state index contributed by atoms with van der Waals surface area (Å²) in [4.78, 5) is 5.59. The Morgan fingerprint density at radius 1 is 0.234 bits per heavy atom. The van der Waals surface area contributed by atoms with Gasteiger partial charge in [0.25, 0.3) is 0 Å². The molecule has 0 fully saturated rings. The zero-order valence-electron chi connectivity index (χ0n) is 50.7. The highest BCUT2D eigenvalue weighted by Crippen LogP contribution is 2.54. The lowest BCUT2D eigenvalue weighted by atomic mass is 9.91. The van der Waals surface area contributed by atoms with Gasteiger partial charge in [-0.15, -0.1) is 0 Å². The fraction of sp³-hybridized carbons (Fsp3) is 0. The highest BCUT2D eigenvalue weighted by molar-refractivity contribution is 6.27. The molecule has 0 aliphatic heterocycles.